The third-order valence-electron chi connectivity index (χ3n) is 5.77. The van der Waals surface area contributed by atoms with Gasteiger partial charge >= 0.3 is 6.03 Å². The molecule has 0 unspecified atom stereocenters. The Morgan fingerprint density at radius 2 is 1.69 bits per heavy atom. The Morgan fingerprint density at radius 3 is 2.38 bits per heavy atom. The lowest BCUT2D eigenvalue weighted by molar-refractivity contribution is 0.244. The Kier molecular flexibility index (Phi) is 6.12. The smallest absolute Gasteiger partial charge is 0.320 e. The normalized spacial score (nSPS) is 17.8. The number of hydrogen-bond donors (Lipinski definition) is 2. The van der Waals surface area contributed by atoms with Crippen molar-refractivity contribution in [1.29, 1.82) is 0 Å². The van der Waals surface area contributed by atoms with Gasteiger partial charge in [-0.25, -0.2) is 14.2 Å². The van der Waals surface area contributed by atoms with Gasteiger partial charge in [-0.2, -0.15) is 0 Å². The number of hydrogen-bond acceptors (Lipinski definition) is 4. The standard InChI is InChI=1S/C22H28FN5O/c23-19-8-4-5-9-20(19)28-14-12-27(13-15-28)18-10-11-21(24-16-18)26-22(29)25-17-6-2-1-3-7-17/h4-5,8-11,16-17H,1-3,6-7,12-15H2,(H2,24,25,26,29). The quantitative estimate of drug-likeness (QED) is 0.819. The van der Waals surface area contributed by atoms with Crippen LogP contribution in [0.5, 0.6) is 0 Å². The van der Waals surface area contributed by atoms with Crippen molar-refractivity contribution in [2.75, 3.05) is 41.3 Å². The van der Waals surface area contributed by atoms with Crippen molar-refractivity contribution in [2.24, 2.45) is 0 Å². The van der Waals surface area contributed by atoms with E-state index in [0.717, 1.165) is 44.7 Å². The van der Waals surface area contributed by atoms with Gasteiger partial charge in [0.1, 0.15) is 11.6 Å². The third-order valence-corrected chi connectivity index (χ3v) is 5.77. The maximum atomic E-state index is 14.0. The molecule has 0 bridgehead atoms. The zero-order chi connectivity index (χ0) is 20.1. The molecule has 2 amide bonds. The number of nitrogens with one attached hydrogen (secondary N) is 2. The number of urea groups is 1. The minimum atomic E-state index is -0.185. The first-order chi connectivity index (χ1) is 14.2. The number of amides is 2. The van der Waals surface area contributed by atoms with E-state index >= 15 is 0 Å². The number of piperazine rings is 1. The Labute approximate surface area is 171 Å². The van der Waals surface area contributed by atoms with Crippen molar-refractivity contribution in [1.82, 2.24) is 10.3 Å². The number of anilines is 3. The van der Waals surface area contributed by atoms with E-state index < -0.39 is 0 Å². The molecule has 1 aromatic carbocycles. The fraction of sp³-hybridized carbons (Fsp3) is 0.455. The molecule has 2 N–H and O–H groups in total. The van der Waals surface area contributed by atoms with Gasteiger partial charge in [0.2, 0.25) is 0 Å². The molecule has 2 fully saturated rings. The van der Waals surface area contributed by atoms with E-state index in [4.69, 9.17) is 0 Å². The lowest BCUT2D eigenvalue weighted by Crippen LogP contribution is -2.46. The summed E-state index contributed by atoms with van der Waals surface area (Å²) in [7, 11) is 0. The Hall–Kier alpha value is -2.83. The summed E-state index contributed by atoms with van der Waals surface area (Å²) in [6.07, 6.45) is 7.52. The molecule has 2 aromatic rings. The van der Waals surface area contributed by atoms with Gasteiger partial charge in [0.05, 0.1) is 17.6 Å². The van der Waals surface area contributed by atoms with Gasteiger partial charge in [-0.05, 0) is 37.1 Å². The van der Waals surface area contributed by atoms with E-state index in [1.807, 2.05) is 24.3 Å². The number of nitrogens with zero attached hydrogens (tertiary/aromatic N) is 3. The van der Waals surface area contributed by atoms with Gasteiger partial charge in [-0.1, -0.05) is 31.4 Å². The van der Waals surface area contributed by atoms with Crippen molar-refractivity contribution in [3.63, 3.8) is 0 Å². The van der Waals surface area contributed by atoms with Gasteiger partial charge < -0.3 is 15.1 Å². The summed E-state index contributed by atoms with van der Waals surface area (Å²) in [5.74, 6) is 0.372. The highest BCUT2D eigenvalue weighted by molar-refractivity contribution is 5.88. The van der Waals surface area contributed by atoms with Crippen LogP contribution in [0.25, 0.3) is 0 Å². The number of carbonyl (C=O) groups excluding carboxylic acids is 1. The molecule has 7 heteroatoms. The number of rotatable bonds is 4. The number of para-hydroxylation sites is 1. The van der Waals surface area contributed by atoms with E-state index in [1.165, 1.54) is 25.3 Å². The third kappa shape index (κ3) is 4.96. The molecule has 0 atom stereocenters. The molecule has 154 valence electrons. The van der Waals surface area contributed by atoms with Crippen LogP contribution in [-0.4, -0.2) is 43.2 Å². The summed E-state index contributed by atoms with van der Waals surface area (Å²) < 4.78 is 14.0. The Bertz CT molecular complexity index is 814. The number of halogens is 1. The van der Waals surface area contributed by atoms with E-state index in [-0.39, 0.29) is 17.9 Å². The lowest BCUT2D eigenvalue weighted by Gasteiger charge is -2.37. The van der Waals surface area contributed by atoms with Crippen LogP contribution in [0.2, 0.25) is 0 Å². The van der Waals surface area contributed by atoms with Crippen LogP contribution >= 0.6 is 0 Å². The highest BCUT2D eigenvalue weighted by Gasteiger charge is 2.20. The van der Waals surface area contributed by atoms with Gasteiger partial charge in [0, 0.05) is 32.2 Å². The zero-order valence-corrected chi connectivity index (χ0v) is 16.6. The second kappa shape index (κ2) is 9.11. The summed E-state index contributed by atoms with van der Waals surface area (Å²) in [4.78, 5) is 20.9. The molecular weight excluding hydrogens is 369 g/mol. The van der Waals surface area contributed by atoms with Crippen LogP contribution in [-0.2, 0) is 0 Å². The van der Waals surface area contributed by atoms with Crippen molar-refractivity contribution >= 4 is 23.2 Å². The topological polar surface area (TPSA) is 60.5 Å². The molecule has 29 heavy (non-hydrogen) atoms. The molecule has 6 nitrogen and oxygen atoms in total. The van der Waals surface area contributed by atoms with Crippen LogP contribution in [0.3, 0.4) is 0 Å². The van der Waals surface area contributed by atoms with Gasteiger partial charge in [0.25, 0.3) is 0 Å². The average molecular weight is 397 g/mol. The SMILES string of the molecule is O=C(Nc1ccc(N2CCN(c3ccccc3F)CC2)cn1)NC1CCCCC1. The molecule has 1 saturated carbocycles. The highest BCUT2D eigenvalue weighted by atomic mass is 19.1. The first kappa shape index (κ1) is 19.5. The summed E-state index contributed by atoms with van der Waals surface area (Å²) >= 11 is 0. The summed E-state index contributed by atoms with van der Waals surface area (Å²) in [6, 6.07) is 10.8. The molecule has 2 aliphatic rings. The summed E-state index contributed by atoms with van der Waals surface area (Å²) in [6.45, 7) is 3.10. The van der Waals surface area contributed by atoms with E-state index in [0.29, 0.717) is 11.5 Å². The average Bonchev–Trinajstić information content (AvgIpc) is 2.75. The maximum Gasteiger partial charge on any atom is 0.320 e. The number of carbonyl (C=O) groups is 1. The second-order valence-corrected chi connectivity index (χ2v) is 7.76. The number of aromatic nitrogens is 1. The molecule has 0 spiro atoms. The van der Waals surface area contributed by atoms with Crippen LogP contribution < -0.4 is 20.4 Å². The molecule has 1 aliphatic carbocycles. The fourth-order valence-electron chi connectivity index (χ4n) is 4.15. The molecule has 1 aliphatic heterocycles. The first-order valence-corrected chi connectivity index (χ1v) is 10.5. The molecular formula is C22H28FN5O. The van der Waals surface area contributed by atoms with Crippen LogP contribution in [0.1, 0.15) is 32.1 Å². The number of benzene rings is 1. The highest BCUT2D eigenvalue weighted by Crippen LogP contribution is 2.23. The van der Waals surface area contributed by atoms with Crippen molar-refractivity contribution in [3.05, 3.63) is 48.4 Å². The lowest BCUT2D eigenvalue weighted by atomic mass is 9.96. The molecule has 0 radical (unpaired) electrons. The predicted octanol–water partition coefficient (Wildman–Crippen LogP) is 4.00. The molecule has 4 rings (SSSR count). The molecule has 1 aromatic heterocycles. The minimum absolute atomic E-state index is 0.176. The number of pyridine rings is 1. The van der Waals surface area contributed by atoms with Crippen molar-refractivity contribution < 1.29 is 9.18 Å². The van der Waals surface area contributed by atoms with Crippen LogP contribution in [0, 0.1) is 5.82 Å². The molecule has 2 heterocycles. The van der Waals surface area contributed by atoms with Gasteiger partial charge in [-0.3, -0.25) is 5.32 Å². The molecule has 1 saturated heterocycles. The maximum absolute atomic E-state index is 14.0. The minimum Gasteiger partial charge on any atom is -0.367 e. The van der Waals surface area contributed by atoms with Crippen LogP contribution in [0.4, 0.5) is 26.4 Å². The fourth-order valence-corrected chi connectivity index (χ4v) is 4.15. The van der Waals surface area contributed by atoms with E-state index in [2.05, 4.69) is 25.4 Å². The van der Waals surface area contributed by atoms with Crippen LogP contribution in [0.15, 0.2) is 42.6 Å². The Balaban J connectivity index is 1.28. The zero-order valence-electron chi connectivity index (χ0n) is 16.6. The first-order valence-electron chi connectivity index (χ1n) is 10.5. The Morgan fingerprint density at radius 1 is 0.966 bits per heavy atom. The van der Waals surface area contributed by atoms with E-state index in [9.17, 15) is 9.18 Å². The van der Waals surface area contributed by atoms with Gasteiger partial charge in [-0.15, -0.1) is 0 Å². The second-order valence-electron chi connectivity index (χ2n) is 7.76. The van der Waals surface area contributed by atoms with Crippen molar-refractivity contribution in [3.8, 4) is 0 Å². The monoisotopic (exact) mass is 397 g/mol. The summed E-state index contributed by atoms with van der Waals surface area (Å²) in [5, 5.41) is 5.86. The van der Waals surface area contributed by atoms with Gasteiger partial charge in [0.15, 0.2) is 0 Å². The predicted molar refractivity (Wildman–Crippen MR) is 114 cm³/mol. The summed E-state index contributed by atoms with van der Waals surface area (Å²) in [5.41, 5.74) is 1.67. The van der Waals surface area contributed by atoms with E-state index in [1.54, 1.807) is 12.3 Å². The largest absolute Gasteiger partial charge is 0.367 e. The van der Waals surface area contributed by atoms with Crippen molar-refractivity contribution in [2.45, 2.75) is 38.1 Å².